The van der Waals surface area contributed by atoms with E-state index >= 15 is 0 Å². The van der Waals surface area contributed by atoms with Gasteiger partial charge in [0.2, 0.25) is 0 Å². The summed E-state index contributed by atoms with van der Waals surface area (Å²) in [5, 5.41) is 18.9. The largest absolute Gasteiger partial charge is 0.508 e. The number of phenols is 2. The van der Waals surface area contributed by atoms with Crippen LogP contribution in [0.2, 0.25) is 0 Å². The van der Waals surface area contributed by atoms with Crippen LogP contribution in [0.4, 0.5) is 5.69 Å². The maximum Gasteiger partial charge on any atom is 0.337 e. The summed E-state index contributed by atoms with van der Waals surface area (Å²) < 4.78 is 4.60. The molecule has 0 saturated carbocycles. The Morgan fingerprint density at radius 2 is 1.85 bits per heavy atom. The molecule has 0 atom stereocenters. The first kappa shape index (κ1) is 13.6. The zero-order valence-corrected chi connectivity index (χ0v) is 10.8. The summed E-state index contributed by atoms with van der Waals surface area (Å²) in [6.45, 7) is 0. The molecule has 0 saturated heterocycles. The third-order valence-electron chi connectivity index (χ3n) is 2.64. The molecule has 0 unspecified atom stereocenters. The molecule has 0 bridgehead atoms. The van der Waals surface area contributed by atoms with Crippen LogP contribution in [0.25, 0.3) is 0 Å². The summed E-state index contributed by atoms with van der Waals surface area (Å²) in [6.07, 6.45) is 1.52. The highest BCUT2D eigenvalue weighted by atomic mass is 16.5. The van der Waals surface area contributed by atoms with Gasteiger partial charge in [-0.1, -0.05) is 12.1 Å². The van der Waals surface area contributed by atoms with Gasteiger partial charge in [-0.05, 0) is 29.8 Å². The van der Waals surface area contributed by atoms with Crippen LogP contribution in [0, 0.1) is 0 Å². The number of aliphatic imine (C=N–C) groups is 1. The number of phenolic OH excluding ortho intramolecular Hbond substituents is 2. The number of carbonyl (C=O) groups excluding carboxylic acids is 1. The summed E-state index contributed by atoms with van der Waals surface area (Å²) in [7, 11) is 1.32. The second-order valence-corrected chi connectivity index (χ2v) is 4.04. The summed E-state index contributed by atoms with van der Waals surface area (Å²) >= 11 is 0. The van der Waals surface area contributed by atoms with Gasteiger partial charge in [-0.2, -0.15) is 0 Å². The molecule has 2 rings (SSSR count). The average molecular weight is 271 g/mol. The number of hydrogen-bond acceptors (Lipinski definition) is 5. The normalized spacial score (nSPS) is 10.7. The third kappa shape index (κ3) is 3.14. The predicted octanol–water partition coefficient (Wildman–Crippen LogP) is 2.64. The average Bonchev–Trinajstić information content (AvgIpc) is 2.48. The minimum absolute atomic E-state index is 0.0229. The lowest BCUT2D eigenvalue weighted by molar-refractivity contribution is 0.0600. The van der Waals surface area contributed by atoms with Gasteiger partial charge >= 0.3 is 5.97 Å². The van der Waals surface area contributed by atoms with Crippen molar-refractivity contribution in [3.8, 4) is 11.5 Å². The lowest BCUT2D eigenvalue weighted by atomic mass is 10.1. The number of ether oxygens (including phenoxy) is 1. The quantitative estimate of drug-likeness (QED) is 0.511. The van der Waals surface area contributed by atoms with Gasteiger partial charge in [0.05, 0.1) is 12.7 Å². The second-order valence-electron chi connectivity index (χ2n) is 4.04. The van der Waals surface area contributed by atoms with E-state index in [9.17, 15) is 15.0 Å². The molecule has 0 aliphatic carbocycles. The van der Waals surface area contributed by atoms with Gasteiger partial charge in [-0.3, -0.25) is 4.99 Å². The molecular weight excluding hydrogens is 258 g/mol. The summed E-state index contributed by atoms with van der Waals surface area (Å²) in [4.78, 5) is 15.3. The van der Waals surface area contributed by atoms with Gasteiger partial charge in [0, 0.05) is 12.3 Å². The number of carbonyl (C=O) groups is 1. The minimum Gasteiger partial charge on any atom is -0.508 e. The number of hydrogen-bond donors (Lipinski definition) is 2. The molecule has 102 valence electrons. The van der Waals surface area contributed by atoms with Gasteiger partial charge < -0.3 is 14.9 Å². The number of rotatable bonds is 3. The van der Waals surface area contributed by atoms with Crippen LogP contribution in [0.15, 0.2) is 47.5 Å². The number of benzene rings is 2. The molecule has 2 aromatic rings. The minimum atomic E-state index is -0.404. The molecular formula is C15H13NO4. The monoisotopic (exact) mass is 271 g/mol. The van der Waals surface area contributed by atoms with Crippen molar-refractivity contribution < 1.29 is 19.7 Å². The zero-order valence-electron chi connectivity index (χ0n) is 10.8. The number of aromatic hydroxyl groups is 2. The lowest BCUT2D eigenvalue weighted by Gasteiger charge is -2.00. The maximum atomic E-state index is 11.3. The molecule has 0 aliphatic rings. The standard InChI is InChI=1S/C15H13NO4/c1-20-15(19)11-4-2-10(3-5-11)9-16-13-8-12(17)6-7-14(13)18/h2-9,17-18H,1H3/b16-9+. The second kappa shape index (κ2) is 5.88. The van der Waals surface area contributed by atoms with E-state index in [0.29, 0.717) is 5.56 Å². The zero-order chi connectivity index (χ0) is 14.5. The molecule has 0 spiro atoms. The van der Waals surface area contributed by atoms with Crippen LogP contribution in [0.1, 0.15) is 15.9 Å². The van der Waals surface area contributed by atoms with Crippen molar-refractivity contribution in [1.29, 1.82) is 0 Å². The van der Waals surface area contributed by atoms with Crippen LogP contribution < -0.4 is 0 Å². The van der Waals surface area contributed by atoms with Gasteiger partial charge in [0.1, 0.15) is 17.2 Å². The first-order chi connectivity index (χ1) is 9.60. The molecule has 0 radical (unpaired) electrons. The van der Waals surface area contributed by atoms with E-state index < -0.39 is 5.97 Å². The fourth-order valence-corrected chi connectivity index (χ4v) is 1.58. The molecule has 0 amide bonds. The van der Waals surface area contributed by atoms with Crippen LogP contribution in [-0.2, 0) is 4.74 Å². The van der Waals surface area contributed by atoms with Crippen LogP contribution in [-0.4, -0.2) is 29.5 Å². The first-order valence-corrected chi connectivity index (χ1v) is 5.84. The topological polar surface area (TPSA) is 79.1 Å². The molecule has 0 aromatic heterocycles. The van der Waals surface area contributed by atoms with E-state index in [2.05, 4.69) is 9.73 Å². The van der Waals surface area contributed by atoms with Gasteiger partial charge in [0.15, 0.2) is 0 Å². The maximum absolute atomic E-state index is 11.3. The number of methoxy groups -OCH3 is 1. The molecule has 5 nitrogen and oxygen atoms in total. The van der Waals surface area contributed by atoms with E-state index in [1.165, 1.54) is 31.5 Å². The molecule has 2 N–H and O–H groups in total. The fraction of sp³-hybridized carbons (Fsp3) is 0.0667. The Balaban J connectivity index is 2.19. The van der Waals surface area contributed by atoms with Crippen molar-refractivity contribution in [3.63, 3.8) is 0 Å². The first-order valence-electron chi connectivity index (χ1n) is 5.84. The Labute approximate surface area is 115 Å². The van der Waals surface area contributed by atoms with Crippen LogP contribution in [0.3, 0.4) is 0 Å². The summed E-state index contributed by atoms with van der Waals surface area (Å²) in [5.41, 5.74) is 1.47. The molecule has 20 heavy (non-hydrogen) atoms. The third-order valence-corrected chi connectivity index (χ3v) is 2.64. The molecule has 0 fully saturated rings. The Kier molecular flexibility index (Phi) is 4.00. The number of nitrogens with zero attached hydrogens (tertiary/aromatic N) is 1. The molecule has 0 heterocycles. The molecule has 0 aliphatic heterocycles. The summed E-state index contributed by atoms with van der Waals surface area (Å²) in [5.74, 6) is -0.402. The van der Waals surface area contributed by atoms with Crippen molar-refractivity contribution >= 4 is 17.9 Å². The van der Waals surface area contributed by atoms with Gasteiger partial charge in [-0.25, -0.2) is 4.79 Å². The van der Waals surface area contributed by atoms with Crippen LogP contribution >= 0.6 is 0 Å². The molecule has 5 heteroatoms. The van der Waals surface area contributed by atoms with Crippen molar-refractivity contribution in [3.05, 3.63) is 53.6 Å². The van der Waals surface area contributed by atoms with E-state index in [-0.39, 0.29) is 17.2 Å². The Morgan fingerprint density at radius 3 is 2.50 bits per heavy atom. The van der Waals surface area contributed by atoms with Crippen molar-refractivity contribution in [2.75, 3.05) is 7.11 Å². The summed E-state index contributed by atoms with van der Waals surface area (Å²) in [6, 6.07) is 10.7. The van der Waals surface area contributed by atoms with E-state index in [1.54, 1.807) is 24.3 Å². The predicted molar refractivity (Wildman–Crippen MR) is 74.8 cm³/mol. The Bertz CT molecular complexity index is 647. The Morgan fingerprint density at radius 1 is 1.15 bits per heavy atom. The number of esters is 1. The molecule has 2 aromatic carbocycles. The Hall–Kier alpha value is -2.82. The highest BCUT2D eigenvalue weighted by Gasteiger charge is 2.04. The van der Waals surface area contributed by atoms with Crippen LogP contribution in [0.5, 0.6) is 11.5 Å². The van der Waals surface area contributed by atoms with E-state index in [1.807, 2.05) is 0 Å². The highest BCUT2D eigenvalue weighted by molar-refractivity contribution is 5.91. The van der Waals surface area contributed by atoms with Gasteiger partial charge in [-0.15, -0.1) is 0 Å². The smallest absolute Gasteiger partial charge is 0.337 e. The highest BCUT2D eigenvalue weighted by Crippen LogP contribution is 2.29. The van der Waals surface area contributed by atoms with Crippen molar-refractivity contribution in [1.82, 2.24) is 0 Å². The lowest BCUT2D eigenvalue weighted by Crippen LogP contribution is -2.00. The SMILES string of the molecule is COC(=O)c1ccc(/C=N/c2cc(O)ccc2O)cc1. The van der Waals surface area contributed by atoms with Crippen molar-refractivity contribution in [2.45, 2.75) is 0 Å². The van der Waals surface area contributed by atoms with Gasteiger partial charge in [0.25, 0.3) is 0 Å². The fourth-order valence-electron chi connectivity index (χ4n) is 1.58. The van der Waals surface area contributed by atoms with E-state index in [4.69, 9.17) is 0 Å². The van der Waals surface area contributed by atoms with E-state index in [0.717, 1.165) is 5.56 Å². The van der Waals surface area contributed by atoms with Crippen molar-refractivity contribution in [2.24, 2.45) is 4.99 Å².